The van der Waals surface area contributed by atoms with Crippen LogP contribution in [0.25, 0.3) is 0 Å². The maximum absolute atomic E-state index is 12.0. The average Bonchev–Trinajstić information content (AvgIpc) is 2.70. The number of hydrogen-bond donors (Lipinski definition) is 2. The van der Waals surface area contributed by atoms with E-state index < -0.39 is 5.72 Å². The second-order valence-electron chi connectivity index (χ2n) is 5.95. The Bertz CT molecular complexity index is 945. The molecule has 1 heterocycles. The fourth-order valence-corrected chi connectivity index (χ4v) is 3.45. The normalized spacial score (nSPS) is 19.7. The summed E-state index contributed by atoms with van der Waals surface area (Å²) in [4.78, 5) is 1.70. The third-order valence-electron chi connectivity index (χ3n) is 4.36. The third kappa shape index (κ3) is 2.67. The number of hydrazone groups is 1. The molecular formula is C21H17N3OS. The van der Waals surface area contributed by atoms with Gasteiger partial charge < -0.3 is 5.11 Å². The van der Waals surface area contributed by atoms with E-state index in [4.69, 9.17) is 12.2 Å². The van der Waals surface area contributed by atoms with Crippen LogP contribution >= 0.6 is 12.2 Å². The van der Waals surface area contributed by atoms with E-state index in [2.05, 4.69) is 10.5 Å². The monoisotopic (exact) mass is 359 g/mol. The van der Waals surface area contributed by atoms with E-state index in [1.165, 1.54) is 0 Å². The molecular weight excluding hydrogens is 342 g/mol. The number of nitrogens with zero attached hydrogens (tertiary/aromatic N) is 2. The lowest BCUT2D eigenvalue weighted by Crippen LogP contribution is -2.61. The lowest BCUT2D eigenvalue weighted by molar-refractivity contribution is 0.118. The van der Waals surface area contributed by atoms with Gasteiger partial charge in [0, 0.05) is 16.8 Å². The summed E-state index contributed by atoms with van der Waals surface area (Å²) < 4.78 is 0. The van der Waals surface area contributed by atoms with Gasteiger partial charge in [0.1, 0.15) is 5.71 Å². The summed E-state index contributed by atoms with van der Waals surface area (Å²) in [5.41, 5.74) is 4.12. The minimum absolute atomic E-state index is 0.335. The van der Waals surface area contributed by atoms with E-state index in [0.29, 0.717) is 16.4 Å². The zero-order valence-corrected chi connectivity index (χ0v) is 14.7. The van der Waals surface area contributed by atoms with Crippen molar-refractivity contribution in [3.63, 3.8) is 0 Å². The van der Waals surface area contributed by atoms with Gasteiger partial charge in [-0.3, -0.25) is 10.3 Å². The number of benzene rings is 3. The molecule has 3 aromatic rings. The van der Waals surface area contributed by atoms with Gasteiger partial charge in [0.25, 0.3) is 0 Å². The standard InChI is InChI=1S/C21H17N3OS/c25-21(17-12-6-2-7-13-17)19(16-10-4-1-5-11-16)22-23-20(26)24(21)18-14-8-3-9-15-18/h1-15,25H,(H,23,26). The molecule has 5 heteroatoms. The molecule has 0 bridgehead atoms. The van der Waals surface area contributed by atoms with Crippen LogP contribution < -0.4 is 10.3 Å². The molecule has 1 aliphatic rings. The molecule has 3 aromatic carbocycles. The summed E-state index contributed by atoms with van der Waals surface area (Å²) in [5.74, 6) is 0. The summed E-state index contributed by atoms with van der Waals surface area (Å²) in [5, 5.41) is 16.8. The number of para-hydroxylation sites is 1. The Morgan fingerprint density at radius 1 is 0.808 bits per heavy atom. The van der Waals surface area contributed by atoms with Gasteiger partial charge in [-0.1, -0.05) is 78.9 Å². The predicted molar refractivity (Wildman–Crippen MR) is 108 cm³/mol. The molecule has 0 amide bonds. The SMILES string of the molecule is OC1(c2ccccc2)C(c2ccccc2)=NNC(=S)N1c1ccccc1. The number of thiocarbonyl (C=S) groups is 1. The fourth-order valence-electron chi connectivity index (χ4n) is 3.16. The van der Waals surface area contributed by atoms with Gasteiger partial charge in [-0.2, -0.15) is 5.10 Å². The molecule has 4 rings (SSSR count). The van der Waals surface area contributed by atoms with Crippen LogP contribution in [0.3, 0.4) is 0 Å². The number of rotatable bonds is 3. The molecule has 2 N–H and O–H groups in total. The Kier molecular flexibility index (Phi) is 4.24. The van der Waals surface area contributed by atoms with Crippen molar-refractivity contribution in [1.29, 1.82) is 0 Å². The van der Waals surface area contributed by atoms with Crippen LogP contribution in [0.15, 0.2) is 96.1 Å². The molecule has 0 spiro atoms. The van der Waals surface area contributed by atoms with Crippen molar-refractivity contribution >= 4 is 28.7 Å². The van der Waals surface area contributed by atoms with E-state index in [1.807, 2.05) is 91.0 Å². The van der Waals surface area contributed by atoms with Crippen molar-refractivity contribution in [2.45, 2.75) is 5.72 Å². The van der Waals surface area contributed by atoms with E-state index in [0.717, 1.165) is 11.3 Å². The van der Waals surface area contributed by atoms with Gasteiger partial charge >= 0.3 is 0 Å². The Balaban J connectivity index is 1.97. The molecule has 1 unspecified atom stereocenters. The lowest BCUT2D eigenvalue weighted by atomic mass is 9.90. The highest BCUT2D eigenvalue weighted by molar-refractivity contribution is 7.80. The Hall–Kier alpha value is -3.02. The molecule has 0 saturated carbocycles. The van der Waals surface area contributed by atoms with E-state index >= 15 is 0 Å². The number of aliphatic hydroxyl groups is 1. The van der Waals surface area contributed by atoms with Crippen LogP contribution in [-0.2, 0) is 5.72 Å². The third-order valence-corrected chi connectivity index (χ3v) is 4.63. The molecule has 0 radical (unpaired) electrons. The van der Waals surface area contributed by atoms with Crippen molar-refractivity contribution in [3.8, 4) is 0 Å². The minimum atomic E-state index is -1.54. The molecule has 4 nitrogen and oxygen atoms in total. The summed E-state index contributed by atoms with van der Waals surface area (Å²) >= 11 is 5.51. The summed E-state index contributed by atoms with van der Waals surface area (Å²) in [6.07, 6.45) is 0. The van der Waals surface area contributed by atoms with Crippen LogP contribution in [-0.4, -0.2) is 15.9 Å². The quantitative estimate of drug-likeness (QED) is 0.701. The second-order valence-corrected chi connectivity index (χ2v) is 6.34. The van der Waals surface area contributed by atoms with E-state index in [1.54, 1.807) is 4.90 Å². The maximum Gasteiger partial charge on any atom is 0.217 e. The van der Waals surface area contributed by atoms with Crippen molar-refractivity contribution in [2.75, 3.05) is 4.90 Å². The zero-order valence-electron chi connectivity index (χ0n) is 13.9. The second kappa shape index (κ2) is 6.71. The van der Waals surface area contributed by atoms with Crippen LogP contribution in [0, 0.1) is 0 Å². The molecule has 1 aliphatic heterocycles. The summed E-state index contributed by atoms with van der Waals surface area (Å²) in [6.45, 7) is 0. The van der Waals surface area contributed by atoms with Gasteiger partial charge in [-0.25, -0.2) is 0 Å². The Morgan fingerprint density at radius 3 is 1.96 bits per heavy atom. The molecule has 1 atom stereocenters. The molecule has 0 fully saturated rings. The first-order chi connectivity index (χ1) is 12.7. The van der Waals surface area contributed by atoms with Crippen LogP contribution in [0.4, 0.5) is 5.69 Å². The van der Waals surface area contributed by atoms with Crippen molar-refractivity contribution < 1.29 is 5.11 Å². The predicted octanol–water partition coefficient (Wildman–Crippen LogP) is 3.63. The van der Waals surface area contributed by atoms with Crippen molar-refractivity contribution in [2.24, 2.45) is 5.10 Å². The number of hydrogen-bond acceptors (Lipinski definition) is 3. The highest BCUT2D eigenvalue weighted by Gasteiger charge is 2.47. The van der Waals surface area contributed by atoms with Crippen LogP contribution in [0.1, 0.15) is 11.1 Å². The van der Waals surface area contributed by atoms with Gasteiger partial charge in [0.05, 0.1) is 0 Å². The lowest BCUT2D eigenvalue weighted by Gasteiger charge is -2.44. The van der Waals surface area contributed by atoms with E-state index in [9.17, 15) is 5.11 Å². The van der Waals surface area contributed by atoms with Gasteiger partial charge in [-0.15, -0.1) is 0 Å². The molecule has 26 heavy (non-hydrogen) atoms. The molecule has 0 saturated heterocycles. The van der Waals surface area contributed by atoms with Gasteiger partial charge in [-0.05, 0) is 24.4 Å². The first kappa shape index (κ1) is 16.4. The molecule has 0 aliphatic carbocycles. The molecule has 0 aromatic heterocycles. The smallest absolute Gasteiger partial charge is 0.217 e. The Morgan fingerprint density at radius 2 is 1.35 bits per heavy atom. The number of anilines is 1. The van der Waals surface area contributed by atoms with Gasteiger partial charge in [0.2, 0.25) is 5.72 Å². The first-order valence-corrected chi connectivity index (χ1v) is 8.69. The summed E-state index contributed by atoms with van der Waals surface area (Å²) in [6, 6.07) is 28.7. The minimum Gasteiger partial charge on any atom is -0.362 e. The highest BCUT2D eigenvalue weighted by Crippen LogP contribution is 2.36. The van der Waals surface area contributed by atoms with Crippen molar-refractivity contribution in [3.05, 3.63) is 102 Å². The molecule has 128 valence electrons. The average molecular weight is 359 g/mol. The van der Waals surface area contributed by atoms with Gasteiger partial charge in [0.15, 0.2) is 5.11 Å². The fraction of sp³-hybridized carbons (Fsp3) is 0.0476. The van der Waals surface area contributed by atoms with E-state index in [-0.39, 0.29) is 0 Å². The highest BCUT2D eigenvalue weighted by atomic mass is 32.1. The maximum atomic E-state index is 12.0. The zero-order chi connectivity index (χ0) is 18.0. The Labute approximate surface area is 157 Å². The topological polar surface area (TPSA) is 47.9 Å². The van der Waals surface area contributed by atoms with Crippen LogP contribution in [0.5, 0.6) is 0 Å². The van der Waals surface area contributed by atoms with Crippen molar-refractivity contribution in [1.82, 2.24) is 5.43 Å². The first-order valence-electron chi connectivity index (χ1n) is 8.28. The number of nitrogens with one attached hydrogen (secondary N) is 1. The largest absolute Gasteiger partial charge is 0.362 e. The summed E-state index contributed by atoms with van der Waals surface area (Å²) in [7, 11) is 0. The van der Waals surface area contributed by atoms with Crippen LogP contribution in [0.2, 0.25) is 0 Å².